The Morgan fingerprint density at radius 2 is 1.88 bits per heavy atom. The summed E-state index contributed by atoms with van der Waals surface area (Å²) in [7, 11) is 0. The average Bonchev–Trinajstić information content (AvgIpc) is 2.18. The molecule has 1 aromatic rings. The Balaban J connectivity index is 2.98. The van der Waals surface area contributed by atoms with E-state index in [2.05, 4.69) is 14.7 Å². The van der Waals surface area contributed by atoms with Gasteiger partial charge in [-0.25, -0.2) is 4.98 Å². The van der Waals surface area contributed by atoms with Gasteiger partial charge in [0, 0.05) is 11.5 Å². The Bertz CT molecular complexity index is 407. The molecule has 1 heterocycles. The number of nitrogens with zero attached hydrogens (tertiary/aromatic N) is 2. The fraction of sp³-hybridized carbons (Fsp3) is 0.600. The first-order valence-electron chi connectivity index (χ1n) is 4.94. The van der Waals surface area contributed by atoms with Gasteiger partial charge in [0.2, 0.25) is 5.88 Å². The summed E-state index contributed by atoms with van der Waals surface area (Å²) >= 11 is 5.80. The van der Waals surface area contributed by atoms with E-state index in [9.17, 15) is 13.2 Å². The summed E-state index contributed by atoms with van der Waals surface area (Å²) in [6.07, 6.45) is -4.40. The van der Waals surface area contributed by atoms with Crippen molar-refractivity contribution in [3.63, 3.8) is 0 Å². The van der Waals surface area contributed by atoms with Crippen LogP contribution < -0.4 is 4.74 Å². The number of alkyl halides is 3. The van der Waals surface area contributed by atoms with Crippen LogP contribution >= 0.6 is 11.6 Å². The molecule has 0 saturated heterocycles. The minimum atomic E-state index is -4.40. The van der Waals surface area contributed by atoms with E-state index in [1.54, 1.807) is 0 Å². The molecule has 0 aliphatic carbocycles. The van der Waals surface area contributed by atoms with E-state index in [0.29, 0.717) is 11.4 Å². The van der Waals surface area contributed by atoms with Gasteiger partial charge in [0.25, 0.3) is 0 Å². The van der Waals surface area contributed by atoms with Gasteiger partial charge in [-0.15, -0.1) is 0 Å². The van der Waals surface area contributed by atoms with Crippen molar-refractivity contribution in [3.8, 4) is 5.88 Å². The zero-order valence-electron chi connectivity index (χ0n) is 9.60. The zero-order valence-corrected chi connectivity index (χ0v) is 10.4. The summed E-state index contributed by atoms with van der Waals surface area (Å²) in [5.41, 5.74) is 0.306. The van der Waals surface area contributed by atoms with E-state index < -0.39 is 12.8 Å². The maximum atomic E-state index is 12.0. The number of hydrogen-bond donors (Lipinski definition) is 0. The molecule has 3 nitrogen and oxygen atoms in total. The van der Waals surface area contributed by atoms with E-state index in [4.69, 9.17) is 11.6 Å². The Morgan fingerprint density at radius 1 is 1.29 bits per heavy atom. The van der Waals surface area contributed by atoms with Gasteiger partial charge in [0.1, 0.15) is 11.0 Å². The van der Waals surface area contributed by atoms with E-state index >= 15 is 0 Å². The minimum Gasteiger partial charge on any atom is -0.468 e. The second-order valence-electron chi connectivity index (χ2n) is 3.86. The molecule has 0 aromatic carbocycles. The Kier molecular flexibility index (Phi) is 4.19. The van der Waals surface area contributed by atoms with Crippen LogP contribution in [0.2, 0.25) is 5.15 Å². The largest absolute Gasteiger partial charge is 0.468 e. The predicted octanol–water partition coefficient (Wildman–Crippen LogP) is 3.50. The van der Waals surface area contributed by atoms with Crippen LogP contribution in [0.1, 0.15) is 31.2 Å². The third-order valence-electron chi connectivity index (χ3n) is 1.95. The number of hydrogen-bond acceptors (Lipinski definition) is 3. The molecule has 0 bridgehead atoms. The lowest BCUT2D eigenvalue weighted by atomic mass is 10.2. The maximum absolute atomic E-state index is 12.0. The van der Waals surface area contributed by atoms with Crippen LogP contribution in [0.3, 0.4) is 0 Å². The Labute approximate surface area is 102 Å². The summed E-state index contributed by atoms with van der Waals surface area (Å²) < 4.78 is 40.7. The SMILES string of the molecule is Cc1c(Cl)nc(C(C)C)nc1OCC(F)(F)F. The van der Waals surface area contributed by atoms with E-state index in [1.165, 1.54) is 6.92 Å². The lowest BCUT2D eigenvalue weighted by Crippen LogP contribution is -2.20. The molecule has 7 heteroatoms. The van der Waals surface area contributed by atoms with Gasteiger partial charge in [0.05, 0.1) is 0 Å². The van der Waals surface area contributed by atoms with Crippen LogP contribution in [0.15, 0.2) is 0 Å². The molecule has 0 spiro atoms. The second-order valence-corrected chi connectivity index (χ2v) is 4.22. The van der Waals surface area contributed by atoms with Crippen LogP contribution in [-0.4, -0.2) is 22.8 Å². The highest BCUT2D eigenvalue weighted by Gasteiger charge is 2.29. The molecule has 1 aromatic heterocycles. The number of ether oxygens (including phenoxy) is 1. The third-order valence-corrected chi connectivity index (χ3v) is 2.32. The van der Waals surface area contributed by atoms with E-state index in [-0.39, 0.29) is 17.0 Å². The highest BCUT2D eigenvalue weighted by Crippen LogP contribution is 2.26. The molecule has 0 fully saturated rings. The van der Waals surface area contributed by atoms with Gasteiger partial charge in [-0.3, -0.25) is 0 Å². The summed E-state index contributed by atoms with van der Waals surface area (Å²) in [6.45, 7) is 3.75. The fourth-order valence-corrected chi connectivity index (χ4v) is 1.20. The standard InChI is InChI=1S/C10H12ClF3N2O/c1-5(2)8-15-7(11)6(3)9(16-8)17-4-10(12,13)14/h5H,4H2,1-3H3. The van der Waals surface area contributed by atoms with Gasteiger partial charge in [-0.1, -0.05) is 25.4 Å². The molecule has 0 atom stereocenters. The monoisotopic (exact) mass is 268 g/mol. The quantitative estimate of drug-likeness (QED) is 0.787. The predicted molar refractivity (Wildman–Crippen MR) is 57.4 cm³/mol. The van der Waals surface area contributed by atoms with Crippen LogP contribution in [0, 0.1) is 6.92 Å². The fourth-order valence-electron chi connectivity index (χ4n) is 1.03. The van der Waals surface area contributed by atoms with Gasteiger partial charge < -0.3 is 4.74 Å². The number of rotatable bonds is 3. The van der Waals surface area contributed by atoms with Gasteiger partial charge >= 0.3 is 6.18 Å². The first kappa shape index (κ1) is 14.0. The molecule has 0 radical (unpaired) electrons. The summed E-state index contributed by atoms with van der Waals surface area (Å²) in [5, 5.41) is 0.112. The molecular formula is C10H12ClF3N2O. The first-order chi connectivity index (χ1) is 7.70. The minimum absolute atomic E-state index is 0.0404. The van der Waals surface area contributed by atoms with Crippen LogP contribution in [0.4, 0.5) is 13.2 Å². The molecular weight excluding hydrogens is 257 g/mol. The van der Waals surface area contributed by atoms with E-state index in [1.807, 2.05) is 13.8 Å². The van der Waals surface area contributed by atoms with Crippen LogP contribution in [-0.2, 0) is 0 Å². The second kappa shape index (κ2) is 5.08. The molecule has 0 aliphatic heterocycles. The molecule has 0 unspecified atom stereocenters. The maximum Gasteiger partial charge on any atom is 0.422 e. The van der Waals surface area contributed by atoms with Crippen molar-refractivity contribution in [2.75, 3.05) is 6.61 Å². The van der Waals surface area contributed by atoms with Crippen molar-refractivity contribution < 1.29 is 17.9 Å². The number of aromatic nitrogens is 2. The normalized spacial score (nSPS) is 12.0. The summed E-state index contributed by atoms with van der Waals surface area (Å²) in [6, 6.07) is 0. The van der Waals surface area contributed by atoms with Crippen molar-refractivity contribution in [3.05, 3.63) is 16.5 Å². The van der Waals surface area contributed by atoms with Gasteiger partial charge in [0.15, 0.2) is 6.61 Å². The molecule has 96 valence electrons. The third kappa shape index (κ3) is 4.03. The number of halogens is 4. The Morgan fingerprint density at radius 3 is 2.35 bits per heavy atom. The van der Waals surface area contributed by atoms with Crippen molar-refractivity contribution in [1.29, 1.82) is 0 Å². The summed E-state index contributed by atoms with van der Waals surface area (Å²) in [5.74, 6) is 0.199. The van der Waals surface area contributed by atoms with Crippen LogP contribution in [0.25, 0.3) is 0 Å². The highest BCUT2D eigenvalue weighted by molar-refractivity contribution is 6.30. The Hall–Kier alpha value is -1.04. The summed E-state index contributed by atoms with van der Waals surface area (Å²) in [4.78, 5) is 7.89. The van der Waals surface area contributed by atoms with Gasteiger partial charge in [-0.2, -0.15) is 18.2 Å². The van der Waals surface area contributed by atoms with Crippen molar-refractivity contribution in [1.82, 2.24) is 9.97 Å². The van der Waals surface area contributed by atoms with Crippen molar-refractivity contribution in [2.24, 2.45) is 0 Å². The molecule has 0 saturated carbocycles. The highest BCUT2D eigenvalue weighted by atomic mass is 35.5. The topological polar surface area (TPSA) is 35.0 Å². The molecule has 0 N–H and O–H groups in total. The lowest BCUT2D eigenvalue weighted by molar-refractivity contribution is -0.154. The lowest BCUT2D eigenvalue weighted by Gasteiger charge is -2.13. The first-order valence-corrected chi connectivity index (χ1v) is 5.32. The van der Waals surface area contributed by atoms with Crippen molar-refractivity contribution >= 4 is 11.6 Å². The average molecular weight is 269 g/mol. The zero-order chi connectivity index (χ0) is 13.2. The van der Waals surface area contributed by atoms with Crippen LogP contribution in [0.5, 0.6) is 5.88 Å². The van der Waals surface area contributed by atoms with E-state index in [0.717, 1.165) is 0 Å². The molecule has 0 amide bonds. The molecule has 1 rings (SSSR count). The van der Waals surface area contributed by atoms with Gasteiger partial charge in [-0.05, 0) is 6.92 Å². The van der Waals surface area contributed by atoms with Crippen molar-refractivity contribution in [2.45, 2.75) is 32.9 Å². The molecule has 17 heavy (non-hydrogen) atoms. The molecule has 0 aliphatic rings. The smallest absolute Gasteiger partial charge is 0.422 e.